The molecule has 1 atom stereocenters. The molecule has 2 aromatic carbocycles. The molecule has 0 aliphatic carbocycles. The van der Waals surface area contributed by atoms with Gasteiger partial charge in [-0.1, -0.05) is 18.2 Å². The molecule has 29 heavy (non-hydrogen) atoms. The third-order valence-electron chi connectivity index (χ3n) is 3.85. The quantitative estimate of drug-likeness (QED) is 0.564. The first-order valence-electron chi connectivity index (χ1n) is 8.49. The summed E-state index contributed by atoms with van der Waals surface area (Å²) in [4.78, 5) is 24.9. The summed E-state index contributed by atoms with van der Waals surface area (Å²) in [7, 11) is -3.84. The number of ether oxygens (including phenoxy) is 1. The zero-order valence-electron chi connectivity index (χ0n) is 15.3. The van der Waals surface area contributed by atoms with Crippen molar-refractivity contribution in [2.45, 2.75) is 17.9 Å². The van der Waals surface area contributed by atoms with Crippen molar-refractivity contribution in [3.63, 3.8) is 0 Å². The van der Waals surface area contributed by atoms with Gasteiger partial charge in [0.15, 0.2) is 5.71 Å². The molecular formula is C18H17N5O5S. The first-order chi connectivity index (χ1) is 13.8. The van der Waals surface area contributed by atoms with E-state index in [4.69, 9.17) is 9.88 Å². The van der Waals surface area contributed by atoms with E-state index in [-0.39, 0.29) is 22.9 Å². The Balaban J connectivity index is 1.89. The minimum absolute atomic E-state index is 0.0857. The van der Waals surface area contributed by atoms with Crippen LogP contribution < -0.4 is 10.1 Å². The van der Waals surface area contributed by atoms with E-state index in [1.807, 2.05) is 0 Å². The monoisotopic (exact) mass is 415 g/mol. The highest BCUT2D eigenvalue weighted by molar-refractivity contribution is 7.89. The fourth-order valence-electron chi connectivity index (χ4n) is 2.49. The van der Waals surface area contributed by atoms with Crippen LogP contribution in [-0.2, 0) is 24.3 Å². The molecule has 0 bridgehead atoms. The Morgan fingerprint density at radius 2 is 1.83 bits per heavy atom. The van der Waals surface area contributed by atoms with Gasteiger partial charge in [-0.15, -0.1) is 0 Å². The number of hydrogen-bond donors (Lipinski definition) is 1. The van der Waals surface area contributed by atoms with Crippen LogP contribution in [0.2, 0.25) is 0 Å². The maximum absolute atomic E-state index is 12.8. The van der Waals surface area contributed by atoms with Crippen molar-refractivity contribution in [2.24, 2.45) is 20.5 Å². The van der Waals surface area contributed by atoms with Crippen molar-refractivity contribution in [3.8, 4) is 0 Å². The van der Waals surface area contributed by atoms with Crippen LogP contribution >= 0.6 is 0 Å². The highest BCUT2D eigenvalue weighted by Crippen LogP contribution is 2.24. The van der Waals surface area contributed by atoms with Crippen molar-refractivity contribution in [2.75, 3.05) is 11.6 Å². The molecule has 1 aliphatic rings. The summed E-state index contributed by atoms with van der Waals surface area (Å²) >= 11 is 0. The molecule has 1 aliphatic heterocycles. The molecule has 0 radical (unpaired) electrons. The lowest BCUT2D eigenvalue weighted by molar-refractivity contribution is -0.135. The van der Waals surface area contributed by atoms with E-state index >= 15 is 0 Å². The van der Waals surface area contributed by atoms with Gasteiger partial charge < -0.3 is 4.74 Å². The summed E-state index contributed by atoms with van der Waals surface area (Å²) < 4.78 is 27.6. The van der Waals surface area contributed by atoms with Gasteiger partial charge in [0.2, 0.25) is 16.1 Å². The molecule has 10 nitrogen and oxygen atoms in total. The van der Waals surface area contributed by atoms with Crippen LogP contribution in [0.3, 0.4) is 0 Å². The van der Waals surface area contributed by atoms with Crippen LogP contribution in [0.4, 0.5) is 11.4 Å². The number of anilines is 1. The van der Waals surface area contributed by atoms with Gasteiger partial charge in [0.1, 0.15) is 0 Å². The molecule has 0 saturated carbocycles. The maximum Gasteiger partial charge on any atom is 0.357 e. The van der Waals surface area contributed by atoms with E-state index in [0.717, 1.165) is 5.01 Å². The lowest BCUT2D eigenvalue weighted by atomic mass is 10.2. The molecule has 150 valence electrons. The first kappa shape index (κ1) is 20.3. The highest BCUT2D eigenvalue weighted by atomic mass is 32.2. The van der Waals surface area contributed by atoms with Crippen LogP contribution in [0.25, 0.3) is 0 Å². The highest BCUT2D eigenvalue weighted by Gasteiger charge is 2.41. The van der Waals surface area contributed by atoms with Gasteiger partial charge in [0.05, 0.1) is 22.9 Å². The van der Waals surface area contributed by atoms with Gasteiger partial charge in [-0.05, 0) is 43.3 Å². The topological polar surface area (TPSA) is 144 Å². The molecule has 2 N–H and O–H groups in total. The minimum atomic E-state index is -3.84. The smallest absolute Gasteiger partial charge is 0.357 e. The lowest BCUT2D eigenvalue weighted by Crippen LogP contribution is -2.33. The Morgan fingerprint density at radius 1 is 1.17 bits per heavy atom. The van der Waals surface area contributed by atoms with Crippen molar-refractivity contribution < 1.29 is 22.7 Å². The number of amides is 1. The van der Waals surface area contributed by atoms with Gasteiger partial charge >= 0.3 is 5.97 Å². The number of azo groups is 1. The number of benzene rings is 2. The van der Waals surface area contributed by atoms with E-state index in [2.05, 4.69) is 15.3 Å². The van der Waals surface area contributed by atoms with Crippen molar-refractivity contribution in [1.82, 2.24) is 0 Å². The summed E-state index contributed by atoms with van der Waals surface area (Å²) in [6, 6.07) is 12.5. The van der Waals surface area contributed by atoms with E-state index in [1.54, 1.807) is 37.3 Å². The Kier molecular flexibility index (Phi) is 5.80. The molecule has 0 unspecified atom stereocenters. The summed E-state index contributed by atoms with van der Waals surface area (Å²) in [5.74, 6) is -1.34. The summed E-state index contributed by atoms with van der Waals surface area (Å²) in [5, 5.41) is 18.1. The van der Waals surface area contributed by atoms with E-state index in [9.17, 15) is 18.0 Å². The Morgan fingerprint density at radius 3 is 2.41 bits per heavy atom. The van der Waals surface area contributed by atoms with Gasteiger partial charge in [-0.2, -0.15) is 20.3 Å². The summed E-state index contributed by atoms with van der Waals surface area (Å²) in [6.07, 6.45) is 0. The number of hydrogen-bond acceptors (Lipinski definition) is 8. The summed E-state index contributed by atoms with van der Waals surface area (Å²) in [6.45, 7) is 1.74. The second kappa shape index (κ2) is 8.29. The van der Waals surface area contributed by atoms with E-state index in [1.165, 1.54) is 24.3 Å². The largest absolute Gasteiger partial charge is 0.461 e. The van der Waals surface area contributed by atoms with Crippen molar-refractivity contribution in [1.29, 1.82) is 0 Å². The fourth-order valence-corrected chi connectivity index (χ4v) is 3.00. The molecule has 1 heterocycles. The van der Waals surface area contributed by atoms with Gasteiger partial charge in [0, 0.05) is 0 Å². The second-order valence-electron chi connectivity index (χ2n) is 5.85. The van der Waals surface area contributed by atoms with Crippen LogP contribution in [0.1, 0.15) is 6.92 Å². The molecule has 1 amide bonds. The standard InChI is InChI=1S/C18H17N5O5S/c1-2-28-18(25)16-15(17(24)23(22-16)13-6-4-3-5-7-13)21-20-12-8-10-14(11-9-12)29(19,26)27/h3-11,15H,2H2,1H3,(H2,19,26,27)/t15-/m0/s1. The third-order valence-corrected chi connectivity index (χ3v) is 4.78. The normalized spacial score (nSPS) is 16.9. The number of nitrogens with two attached hydrogens (primary N) is 1. The van der Waals surface area contributed by atoms with E-state index in [0.29, 0.717) is 5.69 Å². The number of esters is 1. The Labute approximate surface area is 166 Å². The van der Waals surface area contributed by atoms with Gasteiger partial charge in [0.25, 0.3) is 5.91 Å². The molecule has 0 spiro atoms. The molecule has 0 aromatic heterocycles. The Bertz CT molecular complexity index is 1080. The number of carbonyl (C=O) groups excluding carboxylic acids is 2. The number of rotatable bonds is 6. The van der Waals surface area contributed by atoms with Gasteiger partial charge in [-0.25, -0.2) is 18.4 Å². The lowest BCUT2D eigenvalue weighted by Gasteiger charge is -2.11. The number of para-hydroxylation sites is 1. The molecule has 3 rings (SSSR count). The zero-order valence-corrected chi connectivity index (χ0v) is 16.1. The Hall–Kier alpha value is -3.44. The van der Waals surface area contributed by atoms with Crippen LogP contribution in [0, 0.1) is 0 Å². The molecular weight excluding hydrogens is 398 g/mol. The molecule has 2 aromatic rings. The van der Waals surface area contributed by atoms with Crippen molar-refractivity contribution in [3.05, 3.63) is 54.6 Å². The average molecular weight is 415 g/mol. The number of hydrazone groups is 1. The number of carbonyl (C=O) groups is 2. The fraction of sp³-hybridized carbons (Fsp3) is 0.167. The van der Waals surface area contributed by atoms with Crippen LogP contribution in [0.5, 0.6) is 0 Å². The van der Waals surface area contributed by atoms with Crippen molar-refractivity contribution >= 4 is 39.0 Å². The second-order valence-corrected chi connectivity index (χ2v) is 7.41. The predicted molar refractivity (Wildman–Crippen MR) is 104 cm³/mol. The maximum atomic E-state index is 12.8. The minimum Gasteiger partial charge on any atom is -0.461 e. The number of sulfonamides is 1. The zero-order chi connectivity index (χ0) is 21.0. The predicted octanol–water partition coefficient (Wildman–Crippen LogP) is 1.75. The third kappa shape index (κ3) is 4.52. The molecule has 0 saturated heterocycles. The summed E-state index contributed by atoms with van der Waals surface area (Å²) in [5.41, 5.74) is 0.548. The SMILES string of the molecule is CCOC(=O)C1=NN(c2ccccc2)C(=O)[C@H]1N=Nc1ccc(S(N)(=O)=O)cc1. The molecule has 0 fully saturated rings. The van der Waals surface area contributed by atoms with Crippen LogP contribution in [0.15, 0.2) is 74.8 Å². The number of nitrogens with zero attached hydrogens (tertiary/aromatic N) is 4. The molecule has 11 heteroatoms. The van der Waals surface area contributed by atoms with E-state index < -0.39 is 27.9 Å². The average Bonchev–Trinajstić information content (AvgIpc) is 3.03. The number of primary sulfonamides is 1. The first-order valence-corrected chi connectivity index (χ1v) is 10.0. The van der Waals surface area contributed by atoms with Gasteiger partial charge in [-0.3, -0.25) is 4.79 Å². The van der Waals surface area contributed by atoms with Crippen LogP contribution in [-0.4, -0.2) is 38.7 Å².